The van der Waals surface area contributed by atoms with E-state index in [4.69, 9.17) is 4.74 Å². The van der Waals surface area contributed by atoms with Crippen molar-refractivity contribution in [2.45, 2.75) is 33.1 Å². The minimum atomic E-state index is 0.0168. The minimum absolute atomic E-state index is 0.0168. The van der Waals surface area contributed by atoms with Gasteiger partial charge in [0.25, 0.3) is 0 Å². The van der Waals surface area contributed by atoms with Crippen LogP contribution in [0.5, 0.6) is 5.75 Å². The number of ether oxygens (including phenoxy) is 1. The molecule has 0 saturated heterocycles. The third kappa shape index (κ3) is 3.20. The summed E-state index contributed by atoms with van der Waals surface area (Å²) in [5, 5.41) is 1.18. The zero-order valence-electron chi connectivity index (χ0n) is 16.2. The van der Waals surface area contributed by atoms with Crippen molar-refractivity contribution in [3.63, 3.8) is 0 Å². The summed E-state index contributed by atoms with van der Waals surface area (Å²) in [5.41, 5.74) is 5.83. The molecule has 1 atom stereocenters. The number of carbonyl (C=O) groups excluding carboxylic acids is 1. The van der Waals surface area contributed by atoms with Gasteiger partial charge in [-0.3, -0.25) is 4.79 Å². The van der Waals surface area contributed by atoms with Crippen LogP contribution in [0.4, 0.5) is 5.69 Å². The zero-order valence-corrected chi connectivity index (χ0v) is 16.2. The molecule has 0 bridgehead atoms. The van der Waals surface area contributed by atoms with Crippen LogP contribution in [0.2, 0.25) is 0 Å². The van der Waals surface area contributed by atoms with E-state index in [2.05, 4.69) is 36.2 Å². The summed E-state index contributed by atoms with van der Waals surface area (Å²) in [6.45, 7) is 4.80. The third-order valence-corrected chi connectivity index (χ3v) is 5.64. The van der Waals surface area contributed by atoms with E-state index in [1.807, 2.05) is 30.0 Å². The molecular formula is C23H26N2O2. The summed E-state index contributed by atoms with van der Waals surface area (Å²) in [4.78, 5) is 18.8. The Kier molecular flexibility index (Phi) is 4.65. The minimum Gasteiger partial charge on any atom is -0.497 e. The average molecular weight is 362 g/mol. The molecule has 0 saturated carbocycles. The standard InChI is InChI=1S/C23H26N2O2/c1-4-25(17-7-5-6-15(2)12-17)23(26)16-8-10-21-19(13-16)20-14-18(27-3)9-11-22(20)24-21/h5-7,9,11-12,14,16,24H,4,8,10,13H2,1-3H3. The van der Waals surface area contributed by atoms with Crippen molar-refractivity contribution in [3.8, 4) is 5.75 Å². The number of nitrogens with one attached hydrogen (secondary N) is 1. The molecular weight excluding hydrogens is 336 g/mol. The maximum Gasteiger partial charge on any atom is 0.230 e. The monoisotopic (exact) mass is 362 g/mol. The molecule has 4 nitrogen and oxygen atoms in total. The summed E-state index contributed by atoms with van der Waals surface area (Å²) in [6, 6.07) is 14.3. The molecule has 140 valence electrons. The number of aryl methyl sites for hydroxylation is 2. The van der Waals surface area contributed by atoms with Crippen molar-refractivity contribution in [3.05, 3.63) is 59.3 Å². The number of aromatic nitrogens is 1. The van der Waals surface area contributed by atoms with Gasteiger partial charge in [0.15, 0.2) is 0 Å². The van der Waals surface area contributed by atoms with Gasteiger partial charge in [0.05, 0.1) is 7.11 Å². The van der Waals surface area contributed by atoms with Crippen LogP contribution in [0, 0.1) is 12.8 Å². The van der Waals surface area contributed by atoms with Crippen LogP contribution in [0.3, 0.4) is 0 Å². The number of benzene rings is 2. The summed E-state index contributed by atoms with van der Waals surface area (Å²) >= 11 is 0. The number of carbonyl (C=O) groups is 1. The summed E-state index contributed by atoms with van der Waals surface area (Å²) in [7, 11) is 1.69. The fourth-order valence-electron chi connectivity index (χ4n) is 4.22. The first kappa shape index (κ1) is 17.7. The lowest BCUT2D eigenvalue weighted by atomic mass is 9.85. The third-order valence-electron chi connectivity index (χ3n) is 5.64. The van der Waals surface area contributed by atoms with Gasteiger partial charge in [-0.25, -0.2) is 0 Å². The Morgan fingerprint density at radius 1 is 1.26 bits per heavy atom. The van der Waals surface area contributed by atoms with E-state index >= 15 is 0 Å². The molecule has 1 aromatic heterocycles. The molecule has 4 rings (SSSR count). The first-order chi connectivity index (χ1) is 13.1. The van der Waals surface area contributed by atoms with Crippen LogP contribution >= 0.6 is 0 Å². The molecule has 1 heterocycles. The van der Waals surface area contributed by atoms with Crippen molar-refractivity contribution in [2.75, 3.05) is 18.6 Å². The SMILES string of the molecule is CCN(C(=O)C1CCc2[nH]c3ccc(OC)cc3c2C1)c1cccc(C)c1. The highest BCUT2D eigenvalue weighted by atomic mass is 16.5. The van der Waals surface area contributed by atoms with Gasteiger partial charge in [0.1, 0.15) is 5.75 Å². The van der Waals surface area contributed by atoms with Crippen LogP contribution in [-0.2, 0) is 17.6 Å². The molecule has 1 aliphatic rings. The summed E-state index contributed by atoms with van der Waals surface area (Å²) < 4.78 is 5.39. The summed E-state index contributed by atoms with van der Waals surface area (Å²) in [6.07, 6.45) is 2.58. The number of H-pyrrole nitrogens is 1. The molecule has 0 radical (unpaired) electrons. The zero-order chi connectivity index (χ0) is 19.0. The largest absolute Gasteiger partial charge is 0.497 e. The highest BCUT2D eigenvalue weighted by Gasteiger charge is 2.30. The predicted molar refractivity (Wildman–Crippen MR) is 110 cm³/mol. The number of anilines is 1. The van der Waals surface area contributed by atoms with Gasteiger partial charge in [-0.05, 0) is 74.6 Å². The normalized spacial score (nSPS) is 16.2. The molecule has 1 N–H and O–H groups in total. The van der Waals surface area contributed by atoms with Crippen LogP contribution < -0.4 is 9.64 Å². The molecule has 3 aromatic rings. The molecule has 1 amide bonds. The smallest absolute Gasteiger partial charge is 0.230 e. The first-order valence-electron chi connectivity index (χ1n) is 9.66. The molecule has 1 aliphatic carbocycles. The van der Waals surface area contributed by atoms with Crippen molar-refractivity contribution in [1.29, 1.82) is 0 Å². The number of hydrogen-bond donors (Lipinski definition) is 1. The number of amides is 1. The number of hydrogen-bond acceptors (Lipinski definition) is 2. The van der Waals surface area contributed by atoms with Gasteiger partial charge in [-0.2, -0.15) is 0 Å². The molecule has 1 unspecified atom stereocenters. The van der Waals surface area contributed by atoms with Gasteiger partial charge < -0.3 is 14.6 Å². The Balaban J connectivity index is 1.64. The van der Waals surface area contributed by atoms with Gasteiger partial charge in [0.2, 0.25) is 5.91 Å². The van der Waals surface area contributed by atoms with E-state index in [1.165, 1.54) is 22.2 Å². The van der Waals surface area contributed by atoms with Gasteiger partial charge in [-0.15, -0.1) is 0 Å². The number of nitrogens with zero attached hydrogens (tertiary/aromatic N) is 1. The van der Waals surface area contributed by atoms with Crippen molar-refractivity contribution < 1.29 is 9.53 Å². The van der Waals surface area contributed by atoms with Gasteiger partial charge >= 0.3 is 0 Å². The lowest BCUT2D eigenvalue weighted by Crippen LogP contribution is -2.38. The van der Waals surface area contributed by atoms with Crippen LogP contribution in [-0.4, -0.2) is 24.5 Å². The average Bonchev–Trinajstić information content (AvgIpc) is 3.05. The molecule has 4 heteroatoms. The predicted octanol–water partition coefficient (Wildman–Crippen LogP) is 4.64. The number of rotatable bonds is 4. The maximum atomic E-state index is 13.3. The van der Waals surface area contributed by atoms with Crippen LogP contribution in [0.15, 0.2) is 42.5 Å². The molecule has 0 aliphatic heterocycles. The number of aromatic amines is 1. The van der Waals surface area contributed by atoms with Crippen LogP contribution in [0.25, 0.3) is 10.9 Å². The second-order valence-electron chi connectivity index (χ2n) is 7.35. The van der Waals surface area contributed by atoms with E-state index in [1.54, 1.807) is 7.11 Å². The Hall–Kier alpha value is -2.75. The van der Waals surface area contributed by atoms with E-state index in [0.29, 0.717) is 6.54 Å². The molecule has 2 aromatic carbocycles. The second-order valence-corrected chi connectivity index (χ2v) is 7.35. The lowest BCUT2D eigenvalue weighted by Gasteiger charge is -2.29. The number of methoxy groups -OCH3 is 1. The Bertz CT molecular complexity index is 989. The van der Waals surface area contributed by atoms with Gasteiger partial charge in [0, 0.05) is 34.7 Å². The van der Waals surface area contributed by atoms with E-state index in [-0.39, 0.29) is 11.8 Å². The quantitative estimate of drug-likeness (QED) is 0.735. The van der Waals surface area contributed by atoms with E-state index in [9.17, 15) is 4.79 Å². The first-order valence-corrected chi connectivity index (χ1v) is 9.66. The van der Waals surface area contributed by atoms with Crippen molar-refractivity contribution in [1.82, 2.24) is 4.98 Å². The Labute approximate surface area is 160 Å². The Morgan fingerprint density at radius 3 is 2.85 bits per heavy atom. The molecule has 0 spiro atoms. The topological polar surface area (TPSA) is 45.3 Å². The number of fused-ring (bicyclic) bond motifs is 3. The van der Waals surface area contributed by atoms with E-state index in [0.717, 1.165) is 36.2 Å². The van der Waals surface area contributed by atoms with E-state index < -0.39 is 0 Å². The molecule has 0 fully saturated rings. The van der Waals surface area contributed by atoms with Crippen molar-refractivity contribution in [2.24, 2.45) is 5.92 Å². The maximum absolute atomic E-state index is 13.3. The fraction of sp³-hybridized carbons (Fsp3) is 0.348. The highest BCUT2D eigenvalue weighted by molar-refractivity contribution is 5.96. The van der Waals surface area contributed by atoms with Crippen LogP contribution in [0.1, 0.15) is 30.2 Å². The fourth-order valence-corrected chi connectivity index (χ4v) is 4.22. The van der Waals surface area contributed by atoms with Crippen molar-refractivity contribution >= 4 is 22.5 Å². The van der Waals surface area contributed by atoms with Gasteiger partial charge in [-0.1, -0.05) is 12.1 Å². The lowest BCUT2D eigenvalue weighted by molar-refractivity contribution is -0.122. The summed E-state index contributed by atoms with van der Waals surface area (Å²) in [5.74, 6) is 1.10. The molecule has 27 heavy (non-hydrogen) atoms. The second kappa shape index (κ2) is 7.10. The Morgan fingerprint density at radius 2 is 2.11 bits per heavy atom. The highest BCUT2D eigenvalue weighted by Crippen LogP contribution is 2.35.